The number of aliphatic carboxylic acids is 1. The predicted octanol–water partition coefficient (Wildman–Crippen LogP) is 0.578. The molecule has 0 radical (unpaired) electrons. The van der Waals surface area contributed by atoms with Crippen molar-refractivity contribution in [3.63, 3.8) is 0 Å². The molecular formula is C23H34N4O5S. The molecule has 3 amide bonds. The number of likely N-dealkylation sites (tertiary alicyclic amines) is 1. The average Bonchev–Trinajstić information content (AvgIpc) is 3.27. The van der Waals surface area contributed by atoms with Crippen LogP contribution in [-0.4, -0.2) is 70.2 Å². The maximum atomic E-state index is 13.0. The van der Waals surface area contributed by atoms with E-state index in [0.29, 0.717) is 25.8 Å². The summed E-state index contributed by atoms with van der Waals surface area (Å²) in [5.74, 6) is -2.28. The van der Waals surface area contributed by atoms with Gasteiger partial charge in [0.15, 0.2) is 0 Å². The van der Waals surface area contributed by atoms with Gasteiger partial charge in [-0.2, -0.15) is 12.6 Å². The molecule has 1 aliphatic heterocycles. The van der Waals surface area contributed by atoms with Crippen LogP contribution < -0.4 is 16.4 Å². The zero-order valence-corrected chi connectivity index (χ0v) is 20.0. The standard InChI is InChI=1S/C23H34N4O5S/c1-14(2)11-17(20(28)26-18(23(31)32)12-15-7-4-3-5-8-15)25-21(29)19-9-6-10-27(19)22(30)16(24)13-33/h3-5,7-8,14,16-19,33H,6,9-13,24H2,1-2H3,(H,25,29)(H,26,28)(H,31,32). The van der Waals surface area contributed by atoms with Crippen LogP contribution in [0.5, 0.6) is 0 Å². The molecule has 1 fully saturated rings. The Bertz CT molecular complexity index is 835. The lowest BCUT2D eigenvalue weighted by Gasteiger charge is -2.29. The van der Waals surface area contributed by atoms with Gasteiger partial charge in [0, 0.05) is 18.7 Å². The molecule has 1 aromatic rings. The quantitative estimate of drug-likeness (QED) is 0.295. The highest BCUT2D eigenvalue weighted by atomic mass is 32.1. The molecule has 182 valence electrons. The van der Waals surface area contributed by atoms with Crippen molar-refractivity contribution < 1.29 is 24.3 Å². The number of rotatable bonds is 11. The summed E-state index contributed by atoms with van der Waals surface area (Å²) >= 11 is 4.06. The van der Waals surface area contributed by atoms with Crippen LogP contribution >= 0.6 is 12.6 Å². The van der Waals surface area contributed by atoms with Gasteiger partial charge in [0.1, 0.15) is 18.1 Å². The fourth-order valence-corrected chi connectivity index (χ4v) is 4.04. The van der Waals surface area contributed by atoms with Gasteiger partial charge in [-0.05, 0) is 30.7 Å². The van der Waals surface area contributed by atoms with Crippen molar-refractivity contribution in [3.05, 3.63) is 35.9 Å². The Morgan fingerprint density at radius 1 is 1.15 bits per heavy atom. The van der Waals surface area contributed by atoms with Gasteiger partial charge < -0.3 is 26.4 Å². The van der Waals surface area contributed by atoms with Crippen LogP contribution in [0.3, 0.4) is 0 Å². The summed E-state index contributed by atoms with van der Waals surface area (Å²) in [6.07, 6.45) is 1.57. The Morgan fingerprint density at radius 2 is 1.82 bits per heavy atom. The van der Waals surface area contributed by atoms with E-state index in [2.05, 4.69) is 23.3 Å². The topological polar surface area (TPSA) is 142 Å². The van der Waals surface area contributed by atoms with Gasteiger partial charge in [0.25, 0.3) is 0 Å². The molecule has 33 heavy (non-hydrogen) atoms. The molecule has 1 saturated heterocycles. The third-order valence-corrected chi connectivity index (χ3v) is 5.98. The Morgan fingerprint density at radius 3 is 2.39 bits per heavy atom. The third kappa shape index (κ3) is 7.75. The number of carboxylic acids is 1. The molecule has 2 rings (SSSR count). The summed E-state index contributed by atoms with van der Waals surface area (Å²) in [5, 5.41) is 14.9. The summed E-state index contributed by atoms with van der Waals surface area (Å²) in [7, 11) is 0. The molecule has 5 N–H and O–H groups in total. The van der Waals surface area contributed by atoms with Crippen LogP contribution in [0.4, 0.5) is 0 Å². The van der Waals surface area contributed by atoms with Gasteiger partial charge in [-0.1, -0.05) is 44.2 Å². The van der Waals surface area contributed by atoms with E-state index in [9.17, 15) is 24.3 Å². The number of nitrogens with two attached hydrogens (primary N) is 1. The minimum absolute atomic E-state index is 0.0670. The highest BCUT2D eigenvalue weighted by molar-refractivity contribution is 7.80. The van der Waals surface area contributed by atoms with E-state index < -0.39 is 42.0 Å². The van der Waals surface area contributed by atoms with Gasteiger partial charge in [0.2, 0.25) is 17.7 Å². The molecule has 1 aromatic carbocycles. The normalized spacial score (nSPS) is 18.5. The summed E-state index contributed by atoms with van der Waals surface area (Å²) in [6.45, 7) is 4.22. The molecule has 10 heteroatoms. The molecule has 9 nitrogen and oxygen atoms in total. The maximum Gasteiger partial charge on any atom is 0.326 e. The molecule has 1 heterocycles. The summed E-state index contributed by atoms with van der Waals surface area (Å²) in [4.78, 5) is 51.7. The molecule has 1 aliphatic rings. The minimum Gasteiger partial charge on any atom is -0.480 e. The first-order valence-electron chi connectivity index (χ1n) is 11.2. The van der Waals surface area contributed by atoms with Crippen molar-refractivity contribution in [3.8, 4) is 0 Å². The molecule has 0 aliphatic carbocycles. The van der Waals surface area contributed by atoms with Gasteiger partial charge in [0.05, 0.1) is 6.04 Å². The fraction of sp³-hybridized carbons (Fsp3) is 0.565. The van der Waals surface area contributed by atoms with Gasteiger partial charge in [-0.3, -0.25) is 14.4 Å². The monoisotopic (exact) mass is 478 g/mol. The van der Waals surface area contributed by atoms with E-state index in [1.165, 1.54) is 4.90 Å². The zero-order chi connectivity index (χ0) is 24.5. The van der Waals surface area contributed by atoms with E-state index in [-0.39, 0.29) is 24.0 Å². The number of hydrogen-bond acceptors (Lipinski definition) is 6. The number of benzene rings is 1. The number of carbonyl (C=O) groups is 4. The van der Waals surface area contributed by atoms with Crippen LogP contribution in [0.15, 0.2) is 30.3 Å². The lowest BCUT2D eigenvalue weighted by atomic mass is 10.0. The molecule has 4 unspecified atom stereocenters. The van der Waals surface area contributed by atoms with Gasteiger partial charge in [-0.15, -0.1) is 0 Å². The third-order valence-electron chi connectivity index (χ3n) is 5.59. The molecule has 0 spiro atoms. The van der Waals surface area contributed by atoms with Crippen molar-refractivity contribution >= 4 is 36.3 Å². The highest BCUT2D eigenvalue weighted by Crippen LogP contribution is 2.19. The van der Waals surface area contributed by atoms with Crippen molar-refractivity contribution in [2.24, 2.45) is 11.7 Å². The van der Waals surface area contributed by atoms with Crippen LogP contribution in [0.1, 0.15) is 38.7 Å². The molecule has 0 aromatic heterocycles. The number of nitrogens with zero attached hydrogens (tertiary/aromatic N) is 1. The van der Waals surface area contributed by atoms with E-state index in [0.717, 1.165) is 5.56 Å². The molecule has 0 bridgehead atoms. The number of carboxylic acid groups (broad SMARTS) is 1. The van der Waals surface area contributed by atoms with E-state index in [1.807, 2.05) is 19.9 Å². The minimum atomic E-state index is -1.16. The van der Waals surface area contributed by atoms with Crippen LogP contribution in [-0.2, 0) is 25.6 Å². The van der Waals surface area contributed by atoms with Crippen LogP contribution in [0.25, 0.3) is 0 Å². The molecular weight excluding hydrogens is 444 g/mol. The maximum absolute atomic E-state index is 13.0. The van der Waals surface area contributed by atoms with Crippen molar-refractivity contribution in [1.29, 1.82) is 0 Å². The molecule has 4 atom stereocenters. The van der Waals surface area contributed by atoms with Crippen LogP contribution in [0, 0.1) is 5.92 Å². The number of carbonyl (C=O) groups excluding carboxylic acids is 3. The first-order chi connectivity index (χ1) is 15.6. The number of nitrogens with one attached hydrogen (secondary N) is 2. The van der Waals surface area contributed by atoms with Crippen molar-refractivity contribution in [2.75, 3.05) is 12.3 Å². The van der Waals surface area contributed by atoms with Crippen molar-refractivity contribution in [1.82, 2.24) is 15.5 Å². The number of hydrogen-bond donors (Lipinski definition) is 5. The largest absolute Gasteiger partial charge is 0.480 e. The number of thiol groups is 1. The van der Waals surface area contributed by atoms with E-state index in [4.69, 9.17) is 5.73 Å². The van der Waals surface area contributed by atoms with Crippen LogP contribution in [0.2, 0.25) is 0 Å². The zero-order valence-electron chi connectivity index (χ0n) is 19.1. The summed E-state index contributed by atoms with van der Waals surface area (Å²) < 4.78 is 0. The second kappa shape index (κ2) is 12.6. The first-order valence-corrected chi connectivity index (χ1v) is 11.8. The lowest BCUT2D eigenvalue weighted by Crippen LogP contribution is -2.57. The van der Waals surface area contributed by atoms with Crippen molar-refractivity contribution in [2.45, 2.75) is 63.7 Å². The Labute approximate surface area is 199 Å². The second-order valence-electron chi connectivity index (χ2n) is 8.76. The Kier molecular flexibility index (Phi) is 10.2. The Hall–Kier alpha value is -2.59. The molecule has 0 saturated carbocycles. The highest BCUT2D eigenvalue weighted by Gasteiger charge is 2.37. The average molecular weight is 479 g/mol. The second-order valence-corrected chi connectivity index (χ2v) is 9.12. The van der Waals surface area contributed by atoms with Gasteiger partial charge >= 0.3 is 5.97 Å². The SMILES string of the molecule is CC(C)CC(NC(=O)C1CCCN1C(=O)C(N)CS)C(=O)NC(Cc1ccccc1)C(=O)O. The lowest BCUT2D eigenvalue weighted by molar-refractivity contribution is -0.143. The fourth-order valence-electron chi connectivity index (χ4n) is 3.89. The van der Waals surface area contributed by atoms with E-state index in [1.54, 1.807) is 24.3 Å². The Balaban J connectivity index is 2.10. The summed E-state index contributed by atoms with van der Waals surface area (Å²) in [5.41, 5.74) is 6.57. The smallest absolute Gasteiger partial charge is 0.326 e. The number of amides is 3. The van der Waals surface area contributed by atoms with E-state index >= 15 is 0 Å². The summed E-state index contributed by atoms with van der Waals surface area (Å²) in [6, 6.07) is 5.42. The van der Waals surface area contributed by atoms with Gasteiger partial charge in [-0.25, -0.2) is 4.79 Å². The predicted molar refractivity (Wildman–Crippen MR) is 128 cm³/mol. The first kappa shape index (κ1) is 26.7.